The van der Waals surface area contributed by atoms with Gasteiger partial charge in [0.05, 0.1) is 0 Å². The molecule has 0 aromatic rings. The first kappa shape index (κ1) is 14.3. The Morgan fingerprint density at radius 3 is 2.44 bits per heavy atom. The fourth-order valence-corrected chi connectivity index (χ4v) is 3.76. The molecule has 1 aliphatic heterocycles. The van der Waals surface area contributed by atoms with Crippen LogP contribution < -0.4 is 0 Å². The molecule has 1 N–H and O–H groups in total. The van der Waals surface area contributed by atoms with Gasteiger partial charge in [-0.15, -0.1) is 0 Å². The molecule has 1 unspecified atom stereocenters. The molecule has 2 fully saturated rings. The maximum absolute atomic E-state index is 9.27. The maximum atomic E-state index is 9.27. The van der Waals surface area contributed by atoms with E-state index in [1.807, 2.05) is 0 Å². The van der Waals surface area contributed by atoms with Crippen molar-refractivity contribution in [2.75, 3.05) is 26.2 Å². The van der Waals surface area contributed by atoms with E-state index in [9.17, 15) is 5.11 Å². The highest BCUT2D eigenvalue weighted by molar-refractivity contribution is 4.88. The van der Waals surface area contributed by atoms with Crippen molar-refractivity contribution in [3.05, 3.63) is 0 Å². The minimum absolute atomic E-state index is 0.326. The first-order valence-corrected chi connectivity index (χ1v) is 7.83. The molecule has 3 heteroatoms. The summed E-state index contributed by atoms with van der Waals surface area (Å²) < 4.78 is 0. The highest BCUT2D eigenvalue weighted by Gasteiger charge is 2.31. The predicted molar refractivity (Wildman–Crippen MR) is 75.8 cm³/mol. The Morgan fingerprint density at radius 2 is 1.83 bits per heavy atom. The van der Waals surface area contributed by atoms with E-state index in [4.69, 9.17) is 0 Å². The van der Waals surface area contributed by atoms with Crippen molar-refractivity contribution < 1.29 is 5.11 Å². The number of rotatable bonds is 4. The normalized spacial score (nSPS) is 29.0. The summed E-state index contributed by atoms with van der Waals surface area (Å²) in [5.41, 5.74) is 0. The highest BCUT2D eigenvalue weighted by atomic mass is 16.3. The molecule has 2 rings (SSSR count). The van der Waals surface area contributed by atoms with Gasteiger partial charge in [0, 0.05) is 44.4 Å². The van der Waals surface area contributed by atoms with E-state index in [-0.39, 0.29) is 0 Å². The van der Waals surface area contributed by atoms with Gasteiger partial charge in [-0.3, -0.25) is 9.80 Å². The summed E-state index contributed by atoms with van der Waals surface area (Å²) in [6.07, 6.45) is 7.99. The zero-order valence-corrected chi connectivity index (χ0v) is 12.1. The van der Waals surface area contributed by atoms with Crippen molar-refractivity contribution in [2.45, 2.75) is 70.5 Å². The van der Waals surface area contributed by atoms with Crippen LogP contribution in [-0.4, -0.2) is 59.3 Å². The fourth-order valence-electron chi connectivity index (χ4n) is 3.76. The molecule has 1 saturated heterocycles. The van der Waals surface area contributed by atoms with Gasteiger partial charge in [0.15, 0.2) is 0 Å². The standard InChI is InChI=1S/C15H30N2O/c1-13(2)17-10-9-16(12-15(17)8-11-18)14-6-4-3-5-7-14/h13-15,18H,3-12H2,1-2H3. The Hall–Kier alpha value is -0.120. The summed E-state index contributed by atoms with van der Waals surface area (Å²) in [6, 6.07) is 2.00. The first-order valence-electron chi connectivity index (χ1n) is 7.83. The molecule has 1 atom stereocenters. The lowest BCUT2D eigenvalue weighted by atomic mass is 9.92. The maximum Gasteiger partial charge on any atom is 0.0446 e. The van der Waals surface area contributed by atoms with Gasteiger partial charge in [-0.1, -0.05) is 19.3 Å². The van der Waals surface area contributed by atoms with Crippen LogP contribution in [0.1, 0.15) is 52.4 Å². The molecule has 0 radical (unpaired) electrons. The lowest BCUT2D eigenvalue weighted by Gasteiger charge is -2.47. The van der Waals surface area contributed by atoms with E-state index in [1.54, 1.807) is 0 Å². The third-order valence-corrected chi connectivity index (χ3v) is 4.78. The van der Waals surface area contributed by atoms with Crippen LogP contribution in [-0.2, 0) is 0 Å². The molecule has 0 aromatic heterocycles. The number of aliphatic hydroxyl groups is 1. The van der Waals surface area contributed by atoms with Gasteiger partial charge < -0.3 is 5.11 Å². The van der Waals surface area contributed by atoms with Crippen molar-refractivity contribution in [2.24, 2.45) is 0 Å². The third kappa shape index (κ3) is 3.46. The summed E-state index contributed by atoms with van der Waals surface area (Å²) in [5, 5.41) is 9.27. The van der Waals surface area contributed by atoms with Crippen molar-refractivity contribution in [3.63, 3.8) is 0 Å². The van der Waals surface area contributed by atoms with E-state index >= 15 is 0 Å². The smallest absolute Gasteiger partial charge is 0.0446 e. The van der Waals surface area contributed by atoms with Crippen LogP contribution in [0.25, 0.3) is 0 Å². The summed E-state index contributed by atoms with van der Waals surface area (Å²) in [6.45, 7) is 8.46. The molecule has 1 heterocycles. The van der Waals surface area contributed by atoms with E-state index in [0.29, 0.717) is 18.7 Å². The summed E-state index contributed by atoms with van der Waals surface area (Å²) in [7, 11) is 0. The molecular formula is C15H30N2O. The van der Waals surface area contributed by atoms with E-state index in [0.717, 1.165) is 12.5 Å². The quantitative estimate of drug-likeness (QED) is 0.832. The Morgan fingerprint density at radius 1 is 1.11 bits per heavy atom. The second kappa shape index (κ2) is 6.88. The third-order valence-electron chi connectivity index (χ3n) is 4.78. The topological polar surface area (TPSA) is 26.7 Å². The summed E-state index contributed by atoms with van der Waals surface area (Å²) in [5.74, 6) is 0. The summed E-state index contributed by atoms with van der Waals surface area (Å²) in [4.78, 5) is 5.29. The van der Waals surface area contributed by atoms with E-state index < -0.39 is 0 Å². The molecule has 1 aliphatic carbocycles. The molecule has 18 heavy (non-hydrogen) atoms. The van der Waals surface area contributed by atoms with Crippen molar-refractivity contribution in [1.29, 1.82) is 0 Å². The lowest BCUT2D eigenvalue weighted by Crippen LogP contribution is -2.58. The monoisotopic (exact) mass is 254 g/mol. The first-order chi connectivity index (χ1) is 8.72. The molecule has 2 aliphatic rings. The second-order valence-electron chi connectivity index (χ2n) is 6.28. The molecule has 0 aromatic carbocycles. The van der Waals surface area contributed by atoms with Crippen LogP contribution in [0.2, 0.25) is 0 Å². The lowest BCUT2D eigenvalue weighted by molar-refractivity contribution is 0.0106. The number of aliphatic hydroxyl groups excluding tert-OH is 1. The zero-order valence-electron chi connectivity index (χ0n) is 12.1. The van der Waals surface area contributed by atoms with Gasteiger partial charge in [-0.2, -0.15) is 0 Å². The molecular weight excluding hydrogens is 224 g/mol. The highest BCUT2D eigenvalue weighted by Crippen LogP contribution is 2.26. The minimum Gasteiger partial charge on any atom is -0.396 e. The van der Waals surface area contributed by atoms with Gasteiger partial charge in [0.2, 0.25) is 0 Å². The van der Waals surface area contributed by atoms with Crippen molar-refractivity contribution >= 4 is 0 Å². The van der Waals surface area contributed by atoms with Crippen LogP contribution in [0.3, 0.4) is 0 Å². The average molecular weight is 254 g/mol. The van der Waals surface area contributed by atoms with Crippen LogP contribution in [0.15, 0.2) is 0 Å². The number of hydrogen-bond acceptors (Lipinski definition) is 3. The van der Waals surface area contributed by atoms with Crippen LogP contribution in [0.5, 0.6) is 0 Å². The molecule has 1 saturated carbocycles. The van der Waals surface area contributed by atoms with Gasteiger partial charge >= 0.3 is 0 Å². The van der Waals surface area contributed by atoms with Crippen molar-refractivity contribution in [3.8, 4) is 0 Å². The largest absolute Gasteiger partial charge is 0.396 e. The molecule has 0 bridgehead atoms. The SMILES string of the molecule is CC(C)N1CCN(C2CCCCC2)CC1CCO. The van der Waals surface area contributed by atoms with Gasteiger partial charge in [0.25, 0.3) is 0 Å². The minimum atomic E-state index is 0.326. The van der Waals surface area contributed by atoms with Crippen LogP contribution >= 0.6 is 0 Å². The zero-order chi connectivity index (χ0) is 13.0. The summed E-state index contributed by atoms with van der Waals surface area (Å²) >= 11 is 0. The average Bonchev–Trinajstić information content (AvgIpc) is 2.40. The second-order valence-corrected chi connectivity index (χ2v) is 6.28. The molecule has 106 valence electrons. The Labute approximate surface area is 112 Å². The van der Waals surface area contributed by atoms with Crippen LogP contribution in [0.4, 0.5) is 0 Å². The predicted octanol–water partition coefficient (Wildman–Crippen LogP) is 2.10. The van der Waals surface area contributed by atoms with E-state index in [2.05, 4.69) is 23.6 Å². The van der Waals surface area contributed by atoms with Gasteiger partial charge in [0.1, 0.15) is 0 Å². The van der Waals surface area contributed by atoms with Crippen LogP contribution in [0, 0.1) is 0 Å². The van der Waals surface area contributed by atoms with Gasteiger partial charge in [-0.05, 0) is 33.1 Å². The number of hydrogen-bond donors (Lipinski definition) is 1. The van der Waals surface area contributed by atoms with Crippen molar-refractivity contribution in [1.82, 2.24) is 9.80 Å². The van der Waals surface area contributed by atoms with E-state index in [1.165, 1.54) is 51.7 Å². The molecule has 0 spiro atoms. The number of piperazine rings is 1. The Kier molecular flexibility index (Phi) is 5.46. The molecule has 3 nitrogen and oxygen atoms in total. The Bertz CT molecular complexity index is 239. The molecule has 0 amide bonds. The number of nitrogens with zero attached hydrogens (tertiary/aromatic N) is 2. The fraction of sp³-hybridized carbons (Fsp3) is 1.00. The Balaban J connectivity index is 1.92. The van der Waals surface area contributed by atoms with Gasteiger partial charge in [-0.25, -0.2) is 0 Å².